The minimum Gasteiger partial charge on any atom is -0.464 e. The Morgan fingerprint density at radius 2 is 2.10 bits per heavy atom. The summed E-state index contributed by atoms with van der Waals surface area (Å²) < 4.78 is 44.7. The highest BCUT2D eigenvalue weighted by atomic mass is 32.2. The van der Waals surface area contributed by atoms with Crippen LogP contribution in [0.4, 0.5) is 4.39 Å². The number of halogens is 1. The number of rotatable bonds is 7. The fourth-order valence-corrected chi connectivity index (χ4v) is 1.91. The van der Waals surface area contributed by atoms with Gasteiger partial charge in [0.1, 0.15) is 6.33 Å². The molecule has 1 N–H and O–H groups in total. The molecule has 0 spiro atoms. The fraction of sp³-hybridized carbons (Fsp3) is 0.750. The zero-order valence-corrected chi connectivity index (χ0v) is 12.8. The van der Waals surface area contributed by atoms with Gasteiger partial charge in [0.25, 0.3) is 16.1 Å². The van der Waals surface area contributed by atoms with Crippen LogP contribution >= 0.6 is 0 Å². The summed E-state index contributed by atoms with van der Waals surface area (Å²) in [6.07, 6.45) is 3.64. The highest BCUT2D eigenvalue weighted by Crippen LogP contribution is 2.46. The second kappa shape index (κ2) is 7.03. The highest BCUT2D eigenvalue weighted by Gasteiger charge is 2.45. The van der Waals surface area contributed by atoms with Crippen molar-refractivity contribution in [3.8, 4) is 0 Å². The first kappa shape index (κ1) is 16.9. The lowest BCUT2D eigenvalue weighted by molar-refractivity contribution is 0.154. The van der Waals surface area contributed by atoms with E-state index in [4.69, 9.17) is 8.92 Å². The van der Waals surface area contributed by atoms with Crippen LogP contribution in [0.3, 0.4) is 0 Å². The van der Waals surface area contributed by atoms with Crippen molar-refractivity contribution in [2.45, 2.75) is 26.2 Å². The van der Waals surface area contributed by atoms with Gasteiger partial charge in [-0.3, -0.25) is 4.18 Å². The third kappa shape index (κ3) is 5.87. The van der Waals surface area contributed by atoms with Crippen LogP contribution < -0.4 is 5.32 Å². The maximum absolute atomic E-state index is 12.5. The second-order valence-corrected chi connectivity index (χ2v) is 6.54. The molecule has 6 nitrogen and oxygen atoms in total. The van der Waals surface area contributed by atoms with E-state index in [-0.39, 0.29) is 24.7 Å². The van der Waals surface area contributed by atoms with E-state index in [1.807, 2.05) is 0 Å². The zero-order valence-electron chi connectivity index (χ0n) is 12.0. The molecule has 0 aromatic carbocycles. The van der Waals surface area contributed by atoms with Crippen LogP contribution in [0.1, 0.15) is 26.2 Å². The molecule has 20 heavy (non-hydrogen) atoms. The van der Waals surface area contributed by atoms with Crippen molar-refractivity contribution >= 4 is 16.1 Å². The van der Waals surface area contributed by atoms with Crippen LogP contribution in [0.5, 0.6) is 0 Å². The Labute approximate surface area is 119 Å². The van der Waals surface area contributed by atoms with E-state index in [1.165, 1.54) is 7.05 Å². The summed E-state index contributed by atoms with van der Waals surface area (Å²) >= 11 is 0. The highest BCUT2D eigenvalue weighted by molar-refractivity contribution is 7.85. The maximum Gasteiger partial charge on any atom is 0.288 e. The predicted molar refractivity (Wildman–Crippen MR) is 74.4 cm³/mol. The summed E-state index contributed by atoms with van der Waals surface area (Å²) in [4.78, 5) is 3.88. The normalized spacial score (nSPS) is 18.8. The van der Waals surface area contributed by atoms with Crippen molar-refractivity contribution in [1.82, 2.24) is 5.32 Å². The van der Waals surface area contributed by atoms with Crippen LogP contribution in [-0.4, -0.2) is 41.0 Å². The number of ether oxygens (including phenoxy) is 1. The molecule has 0 bridgehead atoms. The monoisotopic (exact) mass is 308 g/mol. The van der Waals surface area contributed by atoms with Gasteiger partial charge in [0.05, 0.1) is 19.5 Å². The topological polar surface area (TPSA) is 77.0 Å². The van der Waals surface area contributed by atoms with E-state index in [0.29, 0.717) is 18.4 Å². The van der Waals surface area contributed by atoms with E-state index >= 15 is 0 Å². The Morgan fingerprint density at radius 3 is 2.50 bits per heavy atom. The molecule has 0 saturated heterocycles. The van der Waals surface area contributed by atoms with Gasteiger partial charge in [0.15, 0.2) is 0 Å². The van der Waals surface area contributed by atoms with Gasteiger partial charge in [-0.25, -0.2) is 9.38 Å². The molecule has 1 saturated carbocycles. The number of hydrogen-bond donors (Lipinski definition) is 1. The summed E-state index contributed by atoms with van der Waals surface area (Å²) in [6, 6.07) is 0.210. The molecule has 116 valence electrons. The average Bonchev–Trinajstić information content (AvgIpc) is 3.17. The maximum atomic E-state index is 12.5. The van der Waals surface area contributed by atoms with Gasteiger partial charge >= 0.3 is 0 Å². The summed E-state index contributed by atoms with van der Waals surface area (Å²) in [6.45, 7) is 2.18. The predicted octanol–water partition coefficient (Wildman–Crippen LogP) is 1.56. The Hall–Kier alpha value is -1.15. The van der Waals surface area contributed by atoms with Crippen LogP contribution in [0, 0.1) is 5.41 Å². The first-order valence-corrected chi connectivity index (χ1v) is 8.16. The third-order valence-corrected chi connectivity index (χ3v) is 3.58. The fourth-order valence-electron chi connectivity index (χ4n) is 1.45. The number of allylic oxidation sites excluding steroid dienone is 1. The molecular weight excluding hydrogens is 287 g/mol. The molecule has 1 fully saturated rings. The third-order valence-electron chi connectivity index (χ3n) is 3.03. The SMILES string of the molecule is CC/C(=C/F)NC(=NC)OCC1(COS(C)(=O)=O)CC1. The van der Waals surface area contributed by atoms with Crippen molar-refractivity contribution in [1.29, 1.82) is 0 Å². The molecule has 0 aromatic rings. The van der Waals surface area contributed by atoms with E-state index in [1.54, 1.807) is 6.92 Å². The van der Waals surface area contributed by atoms with Crippen LogP contribution in [0.25, 0.3) is 0 Å². The lowest BCUT2D eigenvalue weighted by Crippen LogP contribution is -2.29. The molecule has 0 aliphatic heterocycles. The number of aliphatic imine (C=N–C) groups is 1. The summed E-state index contributed by atoms with van der Waals surface area (Å²) in [7, 11) is -1.92. The smallest absolute Gasteiger partial charge is 0.288 e. The second-order valence-electron chi connectivity index (χ2n) is 4.90. The molecule has 0 amide bonds. The van der Waals surface area contributed by atoms with Crippen molar-refractivity contribution in [3.63, 3.8) is 0 Å². The Balaban J connectivity index is 2.45. The molecule has 8 heteroatoms. The summed E-state index contributed by atoms with van der Waals surface area (Å²) in [5, 5.41) is 2.73. The zero-order chi connectivity index (χ0) is 15.2. The van der Waals surface area contributed by atoms with E-state index < -0.39 is 10.1 Å². The van der Waals surface area contributed by atoms with Crippen molar-refractivity contribution in [2.75, 3.05) is 26.5 Å². The molecular formula is C12H21FN2O4S. The first-order valence-electron chi connectivity index (χ1n) is 6.34. The largest absolute Gasteiger partial charge is 0.464 e. The summed E-state index contributed by atoms with van der Waals surface area (Å²) in [5.74, 6) is 0. The van der Waals surface area contributed by atoms with E-state index in [0.717, 1.165) is 19.1 Å². The van der Waals surface area contributed by atoms with Crippen molar-refractivity contribution in [2.24, 2.45) is 10.4 Å². The first-order chi connectivity index (χ1) is 9.34. The van der Waals surface area contributed by atoms with Gasteiger partial charge in [0, 0.05) is 18.2 Å². The number of hydrogen-bond acceptors (Lipinski definition) is 5. The summed E-state index contributed by atoms with van der Waals surface area (Å²) in [5.41, 5.74) is 0.0785. The van der Waals surface area contributed by atoms with Crippen LogP contribution in [-0.2, 0) is 19.0 Å². The van der Waals surface area contributed by atoms with Gasteiger partial charge in [-0.1, -0.05) is 6.92 Å². The molecule has 0 radical (unpaired) electrons. The lowest BCUT2D eigenvalue weighted by atomic mass is 10.1. The van der Waals surface area contributed by atoms with Crippen molar-refractivity contribution in [3.05, 3.63) is 12.0 Å². The molecule has 1 aliphatic carbocycles. The average molecular weight is 308 g/mol. The molecule has 0 aromatic heterocycles. The molecule has 0 unspecified atom stereocenters. The van der Waals surface area contributed by atoms with Gasteiger partial charge in [-0.2, -0.15) is 8.42 Å². The number of nitrogens with zero attached hydrogens (tertiary/aromatic N) is 1. The quantitative estimate of drug-likeness (QED) is 0.439. The minimum absolute atomic E-state index is 0.0996. The van der Waals surface area contributed by atoms with Crippen LogP contribution in [0.2, 0.25) is 0 Å². The van der Waals surface area contributed by atoms with Gasteiger partial charge < -0.3 is 10.1 Å². The van der Waals surface area contributed by atoms with Gasteiger partial charge in [-0.05, 0) is 19.3 Å². The Kier molecular flexibility index (Phi) is 5.94. The van der Waals surface area contributed by atoms with Crippen molar-refractivity contribution < 1.29 is 21.7 Å². The standard InChI is InChI=1S/C12H21FN2O4S/c1-4-10(7-13)15-11(14-2)18-8-12(5-6-12)9-19-20(3,16)17/h7H,4-6,8-9H2,1-3H3,(H,14,15)/b10-7-. The molecule has 0 atom stereocenters. The molecule has 1 rings (SSSR count). The molecule has 0 heterocycles. The number of amidine groups is 1. The van der Waals surface area contributed by atoms with Gasteiger partial charge in [0.2, 0.25) is 0 Å². The minimum atomic E-state index is -3.45. The van der Waals surface area contributed by atoms with Gasteiger partial charge in [-0.15, -0.1) is 0 Å². The van der Waals surface area contributed by atoms with Crippen LogP contribution in [0.15, 0.2) is 17.0 Å². The Bertz CT molecular complexity index is 484. The number of nitrogens with one attached hydrogen (secondary N) is 1. The molecule has 1 aliphatic rings. The lowest BCUT2D eigenvalue weighted by Gasteiger charge is -2.17. The van der Waals surface area contributed by atoms with E-state index in [2.05, 4.69) is 10.3 Å². The Morgan fingerprint density at radius 1 is 1.45 bits per heavy atom. The van der Waals surface area contributed by atoms with E-state index in [9.17, 15) is 12.8 Å².